The Morgan fingerprint density at radius 2 is 0.574 bits per heavy atom. The molecule has 0 N–H and O–H groups in total. The molecule has 0 aromatic carbocycles. The lowest BCUT2D eigenvalue weighted by Gasteiger charge is -2.28. The van der Waals surface area contributed by atoms with Crippen LogP contribution in [0, 0.1) is 0 Å². The van der Waals surface area contributed by atoms with Crippen LogP contribution in [-0.4, -0.2) is 70.0 Å². The van der Waals surface area contributed by atoms with Crippen molar-refractivity contribution in [2.75, 3.05) is 47.5 Å². The minimum atomic E-state index is -4.67. The van der Waals surface area contributed by atoms with E-state index in [1.54, 1.807) is 0 Å². The minimum Gasteiger partial charge on any atom is -0.756 e. The van der Waals surface area contributed by atoms with Crippen molar-refractivity contribution in [1.82, 2.24) is 0 Å². The lowest BCUT2D eigenvalue weighted by atomic mass is 10.1. The van der Waals surface area contributed by atoms with Gasteiger partial charge in [-0.1, -0.05) is 290 Å². The number of hydrogen-bond acceptors (Lipinski definition) is 8. The molecule has 0 aliphatic rings. The standard InChI is InChI=1S/C84H130NO8P/c1-6-8-10-12-14-16-18-20-22-24-26-28-30-32-34-36-38-40-42-44-46-48-50-52-54-56-58-60-62-64-66-68-70-72-74-76-83(86)90-80-82(81-92-94(88,89)91-79-78-85(3,4)5)93-84(87)77-75-73-71-69-67-65-63-61-59-57-55-53-51-49-47-45-43-41-39-37-35-33-31-29-27-25-23-21-19-17-15-13-11-9-7-2/h8-11,14-17,20-23,26-29,32-35,38-41,44-47,50-53,56-59,63,65,82H,6-7,12-13,18-19,24-25,30-31,36-37,42-43,48-49,54-55,60-62,64,66-81H2,1-5H3/b10-8-,11-9-,16-14-,17-15-,22-20-,23-21-,28-26-,29-27-,34-32-,35-33-,40-38-,41-39-,46-44-,47-45-,52-50-,53-51-,58-56-,59-57-,65-63-. The number of phosphoric acid groups is 1. The Morgan fingerprint density at radius 3 is 0.851 bits per heavy atom. The van der Waals surface area contributed by atoms with E-state index in [1.165, 1.54) is 19.3 Å². The van der Waals surface area contributed by atoms with Crippen molar-refractivity contribution in [3.8, 4) is 0 Å². The number of esters is 2. The highest BCUT2D eigenvalue weighted by Crippen LogP contribution is 2.38. The molecular weight excluding hydrogens is 1180 g/mol. The number of ether oxygens (including phenoxy) is 2. The van der Waals surface area contributed by atoms with Gasteiger partial charge in [-0.25, -0.2) is 0 Å². The van der Waals surface area contributed by atoms with Crippen LogP contribution in [0.2, 0.25) is 0 Å². The summed E-state index contributed by atoms with van der Waals surface area (Å²) in [5.41, 5.74) is 0. The fourth-order valence-corrected chi connectivity index (χ4v) is 9.46. The lowest BCUT2D eigenvalue weighted by Crippen LogP contribution is -2.37. The second-order valence-electron chi connectivity index (χ2n) is 24.1. The molecule has 9 nitrogen and oxygen atoms in total. The molecule has 2 unspecified atom stereocenters. The number of carbonyl (C=O) groups is 2. The summed E-state index contributed by atoms with van der Waals surface area (Å²) in [6.07, 6.45) is 115. The number of quaternary nitrogens is 1. The zero-order valence-electron chi connectivity index (χ0n) is 59.5. The monoisotopic (exact) mass is 1310 g/mol. The van der Waals surface area contributed by atoms with Gasteiger partial charge in [0, 0.05) is 12.8 Å². The number of allylic oxidation sites excluding steroid dienone is 38. The predicted octanol–water partition coefficient (Wildman–Crippen LogP) is 23.5. The highest BCUT2D eigenvalue weighted by Gasteiger charge is 2.22. The summed E-state index contributed by atoms with van der Waals surface area (Å²) in [5, 5.41) is 0. The Hall–Kier alpha value is -5.93. The Labute approximate surface area is 575 Å². The summed E-state index contributed by atoms with van der Waals surface area (Å²) in [7, 11) is 1.10. The van der Waals surface area contributed by atoms with Gasteiger partial charge in [0.25, 0.3) is 7.82 Å². The molecule has 0 bridgehead atoms. The minimum absolute atomic E-state index is 0.0518. The Balaban J connectivity index is 4.24. The van der Waals surface area contributed by atoms with Crippen LogP contribution < -0.4 is 4.89 Å². The van der Waals surface area contributed by atoms with Gasteiger partial charge in [-0.2, -0.15) is 0 Å². The highest BCUT2D eigenvalue weighted by atomic mass is 31.2. The van der Waals surface area contributed by atoms with E-state index in [4.69, 9.17) is 18.5 Å². The second-order valence-corrected chi connectivity index (χ2v) is 25.5. The van der Waals surface area contributed by atoms with Crippen LogP contribution in [0.1, 0.15) is 232 Å². The van der Waals surface area contributed by atoms with Gasteiger partial charge in [0.1, 0.15) is 19.8 Å². The fourth-order valence-electron chi connectivity index (χ4n) is 8.73. The van der Waals surface area contributed by atoms with Gasteiger partial charge in [0.05, 0.1) is 27.7 Å². The Morgan fingerprint density at radius 1 is 0.330 bits per heavy atom. The highest BCUT2D eigenvalue weighted by molar-refractivity contribution is 7.45. The topological polar surface area (TPSA) is 111 Å². The summed E-state index contributed by atoms with van der Waals surface area (Å²) in [5.74, 6) is -0.895. The van der Waals surface area contributed by atoms with E-state index >= 15 is 0 Å². The van der Waals surface area contributed by atoms with Crippen LogP contribution in [0.25, 0.3) is 0 Å². The molecule has 0 aliphatic carbocycles. The van der Waals surface area contributed by atoms with E-state index in [1.807, 2.05) is 21.1 Å². The molecule has 94 heavy (non-hydrogen) atoms. The maximum Gasteiger partial charge on any atom is 0.306 e. The maximum atomic E-state index is 12.9. The molecule has 524 valence electrons. The third kappa shape index (κ3) is 75.1. The van der Waals surface area contributed by atoms with Gasteiger partial charge in [0.2, 0.25) is 0 Å². The number of phosphoric ester groups is 1. The molecule has 0 fully saturated rings. The van der Waals surface area contributed by atoms with E-state index in [2.05, 4.69) is 245 Å². The van der Waals surface area contributed by atoms with Crippen LogP contribution in [0.4, 0.5) is 0 Å². The van der Waals surface area contributed by atoms with E-state index in [9.17, 15) is 19.0 Å². The van der Waals surface area contributed by atoms with Crippen LogP contribution in [0.15, 0.2) is 231 Å². The summed E-state index contributed by atoms with van der Waals surface area (Å²) in [6.45, 7) is 3.93. The van der Waals surface area contributed by atoms with Gasteiger partial charge in [-0.05, 0) is 161 Å². The first kappa shape index (κ1) is 88.1. The first-order valence-electron chi connectivity index (χ1n) is 36.1. The molecule has 0 saturated carbocycles. The van der Waals surface area contributed by atoms with Crippen molar-refractivity contribution >= 4 is 19.8 Å². The SMILES string of the molecule is CC/C=C\C/C=C\C/C=C\C/C=C\C/C=C\C/C=C\C/C=C\C/C=C\C/C=C\C/C=C\CCCCCCC(=O)OC(COC(=O)CCCCCCCCC/C=C\C/C=C\C/C=C\C/C=C\C/C=C\C/C=C\C/C=C\C/C=C\C/C=C\CC)COP(=O)([O-])OCC[N+](C)(C)C. The van der Waals surface area contributed by atoms with Crippen molar-refractivity contribution in [3.05, 3.63) is 231 Å². The van der Waals surface area contributed by atoms with Crippen molar-refractivity contribution < 1.29 is 42.1 Å². The summed E-state index contributed by atoms with van der Waals surface area (Å²) in [6, 6.07) is 0. The molecule has 0 saturated heterocycles. The van der Waals surface area contributed by atoms with E-state index in [0.717, 1.165) is 173 Å². The molecule has 0 amide bonds. The van der Waals surface area contributed by atoms with Gasteiger partial charge in [-0.3, -0.25) is 14.2 Å². The second kappa shape index (κ2) is 71.4. The van der Waals surface area contributed by atoms with E-state index in [0.29, 0.717) is 23.9 Å². The number of rotatable bonds is 63. The molecule has 2 atom stereocenters. The third-order valence-corrected chi connectivity index (χ3v) is 15.1. The average molecular weight is 1310 g/mol. The Bertz CT molecular complexity index is 2440. The van der Waals surface area contributed by atoms with Crippen molar-refractivity contribution in [1.29, 1.82) is 0 Å². The van der Waals surface area contributed by atoms with Gasteiger partial charge >= 0.3 is 11.9 Å². The van der Waals surface area contributed by atoms with Gasteiger partial charge in [-0.15, -0.1) is 0 Å². The Kier molecular flexibility index (Phi) is 66.9. The molecule has 0 aromatic rings. The van der Waals surface area contributed by atoms with Crippen molar-refractivity contribution in [3.63, 3.8) is 0 Å². The third-order valence-electron chi connectivity index (χ3n) is 14.2. The number of unbranched alkanes of at least 4 members (excludes halogenated alkanes) is 11. The van der Waals surface area contributed by atoms with Crippen LogP contribution in [0.5, 0.6) is 0 Å². The zero-order chi connectivity index (χ0) is 68.3. The van der Waals surface area contributed by atoms with Crippen LogP contribution in [0.3, 0.4) is 0 Å². The largest absolute Gasteiger partial charge is 0.756 e. The predicted molar refractivity (Wildman–Crippen MR) is 405 cm³/mol. The number of carbonyl (C=O) groups excluding carboxylic acids is 2. The van der Waals surface area contributed by atoms with Crippen molar-refractivity contribution in [2.24, 2.45) is 0 Å². The van der Waals surface area contributed by atoms with Gasteiger partial charge < -0.3 is 27.9 Å². The summed E-state index contributed by atoms with van der Waals surface area (Å²) >= 11 is 0. The first-order valence-corrected chi connectivity index (χ1v) is 37.6. The normalized spacial score (nSPS) is 14.5. The molecule has 0 radical (unpaired) electrons. The molecule has 0 aliphatic heterocycles. The van der Waals surface area contributed by atoms with Crippen LogP contribution in [-0.2, 0) is 32.7 Å². The quantitative estimate of drug-likeness (QED) is 0.0195. The molecule has 0 spiro atoms. The summed E-state index contributed by atoms with van der Waals surface area (Å²) in [4.78, 5) is 38.1. The van der Waals surface area contributed by atoms with Gasteiger partial charge in [0.15, 0.2) is 6.10 Å². The first-order chi connectivity index (χ1) is 46.0. The van der Waals surface area contributed by atoms with E-state index in [-0.39, 0.29) is 26.1 Å². The van der Waals surface area contributed by atoms with E-state index < -0.39 is 32.5 Å². The molecule has 0 heterocycles. The molecule has 10 heteroatoms. The number of hydrogen-bond donors (Lipinski definition) is 0. The number of nitrogens with zero attached hydrogens (tertiary/aromatic N) is 1. The number of likely N-dealkylation sites (N-methyl/N-ethyl adjacent to an activating group) is 1. The summed E-state index contributed by atoms with van der Waals surface area (Å²) < 4.78 is 34.3. The maximum absolute atomic E-state index is 12.9. The molecule has 0 aromatic heterocycles. The molecule has 0 rings (SSSR count). The smallest absolute Gasteiger partial charge is 0.306 e. The average Bonchev–Trinajstić information content (AvgIpc) is 1.68. The molecular formula is C84H130NO8P. The van der Waals surface area contributed by atoms with Crippen LogP contribution >= 0.6 is 7.82 Å². The lowest BCUT2D eigenvalue weighted by molar-refractivity contribution is -0.870. The fraction of sp³-hybridized carbons (Fsp3) is 0.524. The zero-order valence-corrected chi connectivity index (χ0v) is 60.4. The van der Waals surface area contributed by atoms with Crippen molar-refractivity contribution in [2.45, 2.75) is 238 Å².